The van der Waals surface area contributed by atoms with Crippen LogP contribution in [0.3, 0.4) is 0 Å². The lowest BCUT2D eigenvalue weighted by Gasteiger charge is -2.13. The topological polar surface area (TPSA) is 99.5 Å². The minimum absolute atomic E-state index is 0.0714. The summed E-state index contributed by atoms with van der Waals surface area (Å²) >= 11 is 0. The maximum atomic E-state index is 11.8. The van der Waals surface area contributed by atoms with Crippen molar-refractivity contribution in [1.29, 1.82) is 5.26 Å². The van der Waals surface area contributed by atoms with Gasteiger partial charge >= 0.3 is 0 Å². The van der Waals surface area contributed by atoms with E-state index >= 15 is 0 Å². The van der Waals surface area contributed by atoms with Crippen molar-refractivity contribution in [1.82, 2.24) is 10.2 Å². The number of nitrogens with zero attached hydrogens (tertiary/aromatic N) is 2. The fraction of sp³-hybridized carbons (Fsp3) is 0.444. The number of aryl methyl sites for hydroxylation is 1. The summed E-state index contributed by atoms with van der Waals surface area (Å²) in [5.41, 5.74) is 1.60. The zero-order valence-corrected chi connectivity index (χ0v) is 14.0. The molecule has 1 saturated heterocycles. The minimum Gasteiger partial charge on any atom is -0.378 e. The van der Waals surface area contributed by atoms with E-state index in [0.717, 1.165) is 5.56 Å². The first-order valence-electron chi connectivity index (χ1n) is 8.27. The molecule has 0 saturated carbocycles. The third-order valence-electron chi connectivity index (χ3n) is 3.91. The van der Waals surface area contributed by atoms with Gasteiger partial charge in [0.15, 0.2) is 0 Å². The fourth-order valence-electron chi connectivity index (χ4n) is 2.48. The SMILES string of the molecule is N#Cc1ccc(CCC(=O)NCCOCCN2C(=O)CCC2=O)cc1. The van der Waals surface area contributed by atoms with Gasteiger partial charge in [0.2, 0.25) is 17.7 Å². The molecule has 0 unspecified atom stereocenters. The van der Waals surface area contributed by atoms with Crippen LogP contribution in [-0.2, 0) is 25.5 Å². The molecule has 3 amide bonds. The number of amides is 3. The lowest BCUT2D eigenvalue weighted by molar-refractivity contribution is -0.139. The number of nitriles is 1. The van der Waals surface area contributed by atoms with Crippen molar-refractivity contribution in [3.05, 3.63) is 35.4 Å². The average molecular weight is 343 g/mol. The molecule has 0 aliphatic carbocycles. The number of imide groups is 1. The van der Waals surface area contributed by atoms with Crippen LogP contribution in [0.1, 0.15) is 30.4 Å². The van der Waals surface area contributed by atoms with E-state index in [2.05, 4.69) is 11.4 Å². The number of ether oxygens (including phenoxy) is 1. The van der Waals surface area contributed by atoms with E-state index < -0.39 is 0 Å². The van der Waals surface area contributed by atoms with Gasteiger partial charge < -0.3 is 10.1 Å². The highest BCUT2D eigenvalue weighted by molar-refractivity contribution is 6.01. The molecule has 0 aromatic heterocycles. The summed E-state index contributed by atoms with van der Waals surface area (Å²) in [5, 5.41) is 11.5. The van der Waals surface area contributed by atoms with Crippen LogP contribution in [0.15, 0.2) is 24.3 Å². The maximum Gasteiger partial charge on any atom is 0.229 e. The Hall–Kier alpha value is -2.72. The van der Waals surface area contributed by atoms with Gasteiger partial charge in [-0.25, -0.2) is 0 Å². The molecule has 0 atom stereocenters. The quantitative estimate of drug-likeness (QED) is 0.527. The van der Waals surface area contributed by atoms with Crippen molar-refractivity contribution in [3.8, 4) is 6.07 Å². The molecule has 1 aliphatic heterocycles. The Morgan fingerprint density at radius 3 is 2.48 bits per heavy atom. The van der Waals surface area contributed by atoms with Crippen LogP contribution >= 0.6 is 0 Å². The molecule has 0 spiro atoms. The van der Waals surface area contributed by atoms with Gasteiger partial charge in [0.1, 0.15) is 0 Å². The van der Waals surface area contributed by atoms with E-state index in [1.54, 1.807) is 12.1 Å². The molecule has 0 bridgehead atoms. The molecule has 1 aromatic rings. The van der Waals surface area contributed by atoms with Gasteiger partial charge in [-0.05, 0) is 24.1 Å². The predicted octanol–water partition coefficient (Wildman–Crippen LogP) is 0.773. The largest absolute Gasteiger partial charge is 0.378 e. The first-order chi connectivity index (χ1) is 12.1. The van der Waals surface area contributed by atoms with E-state index in [4.69, 9.17) is 10.00 Å². The van der Waals surface area contributed by atoms with Gasteiger partial charge in [-0.3, -0.25) is 19.3 Å². The summed E-state index contributed by atoms with van der Waals surface area (Å²) in [6.07, 6.45) is 1.54. The second-order valence-electron chi connectivity index (χ2n) is 5.71. The van der Waals surface area contributed by atoms with E-state index in [1.165, 1.54) is 4.90 Å². The number of nitrogens with one attached hydrogen (secondary N) is 1. The summed E-state index contributed by atoms with van der Waals surface area (Å²) in [7, 11) is 0. The Morgan fingerprint density at radius 2 is 1.84 bits per heavy atom. The number of hydrogen-bond acceptors (Lipinski definition) is 5. The molecule has 132 valence electrons. The first-order valence-corrected chi connectivity index (χ1v) is 8.27. The summed E-state index contributed by atoms with van der Waals surface area (Å²) < 4.78 is 5.34. The van der Waals surface area contributed by atoms with E-state index in [-0.39, 0.29) is 43.7 Å². The van der Waals surface area contributed by atoms with Crippen LogP contribution in [0.25, 0.3) is 0 Å². The molecule has 1 aromatic carbocycles. The van der Waals surface area contributed by atoms with Crippen LogP contribution in [0, 0.1) is 11.3 Å². The van der Waals surface area contributed by atoms with Crippen molar-refractivity contribution >= 4 is 17.7 Å². The van der Waals surface area contributed by atoms with Crippen molar-refractivity contribution in [2.75, 3.05) is 26.3 Å². The second kappa shape index (κ2) is 9.55. The van der Waals surface area contributed by atoms with Crippen molar-refractivity contribution in [3.63, 3.8) is 0 Å². The van der Waals surface area contributed by atoms with Crippen molar-refractivity contribution in [2.45, 2.75) is 25.7 Å². The summed E-state index contributed by atoms with van der Waals surface area (Å²) in [6.45, 7) is 1.26. The molecular weight excluding hydrogens is 322 g/mol. The van der Waals surface area contributed by atoms with Gasteiger partial charge in [0, 0.05) is 25.8 Å². The molecule has 25 heavy (non-hydrogen) atoms. The molecule has 2 rings (SSSR count). The monoisotopic (exact) mass is 343 g/mol. The van der Waals surface area contributed by atoms with Gasteiger partial charge in [-0.1, -0.05) is 12.1 Å². The van der Waals surface area contributed by atoms with Crippen LogP contribution in [0.5, 0.6) is 0 Å². The van der Waals surface area contributed by atoms with Gasteiger partial charge in [-0.2, -0.15) is 5.26 Å². The number of likely N-dealkylation sites (tertiary alicyclic amines) is 1. The fourth-order valence-corrected chi connectivity index (χ4v) is 2.48. The minimum atomic E-state index is -0.148. The molecule has 7 nitrogen and oxygen atoms in total. The van der Waals surface area contributed by atoms with Crippen LogP contribution in [0.4, 0.5) is 0 Å². The first kappa shape index (κ1) is 18.6. The highest BCUT2D eigenvalue weighted by Crippen LogP contribution is 2.10. The Bertz CT molecular complexity index is 648. The van der Waals surface area contributed by atoms with Gasteiger partial charge in [0.05, 0.1) is 31.4 Å². The van der Waals surface area contributed by atoms with E-state index in [1.807, 2.05) is 12.1 Å². The second-order valence-corrected chi connectivity index (χ2v) is 5.71. The third-order valence-corrected chi connectivity index (χ3v) is 3.91. The van der Waals surface area contributed by atoms with Crippen molar-refractivity contribution < 1.29 is 19.1 Å². The predicted molar refractivity (Wildman–Crippen MR) is 89.3 cm³/mol. The zero-order valence-electron chi connectivity index (χ0n) is 14.0. The standard InChI is InChI=1S/C18H21N3O4/c19-13-15-3-1-14(2-4-15)5-6-16(22)20-9-11-25-12-10-21-17(23)7-8-18(21)24/h1-4H,5-12H2,(H,20,22). The molecular formula is C18H21N3O4. The van der Waals surface area contributed by atoms with E-state index in [9.17, 15) is 14.4 Å². The number of hydrogen-bond donors (Lipinski definition) is 1. The number of carbonyl (C=O) groups excluding carboxylic acids is 3. The lowest BCUT2D eigenvalue weighted by Crippen LogP contribution is -2.33. The maximum absolute atomic E-state index is 11.8. The smallest absolute Gasteiger partial charge is 0.229 e. The van der Waals surface area contributed by atoms with Gasteiger partial charge in [-0.15, -0.1) is 0 Å². The van der Waals surface area contributed by atoms with Crippen molar-refractivity contribution in [2.24, 2.45) is 0 Å². The number of benzene rings is 1. The Balaban J connectivity index is 1.52. The molecule has 1 fully saturated rings. The molecule has 1 N–H and O–H groups in total. The number of carbonyl (C=O) groups is 3. The van der Waals surface area contributed by atoms with Crippen LogP contribution in [0.2, 0.25) is 0 Å². The summed E-state index contributed by atoms with van der Waals surface area (Å²) in [4.78, 5) is 35.8. The molecule has 1 heterocycles. The third kappa shape index (κ3) is 6.01. The van der Waals surface area contributed by atoms with Gasteiger partial charge in [0.25, 0.3) is 0 Å². The van der Waals surface area contributed by atoms with E-state index in [0.29, 0.717) is 31.6 Å². The Morgan fingerprint density at radius 1 is 1.16 bits per heavy atom. The zero-order chi connectivity index (χ0) is 18.1. The summed E-state index contributed by atoms with van der Waals surface area (Å²) in [6, 6.07) is 9.21. The highest BCUT2D eigenvalue weighted by atomic mass is 16.5. The summed E-state index contributed by atoms with van der Waals surface area (Å²) in [5.74, 6) is -0.368. The van der Waals surface area contributed by atoms with Crippen LogP contribution in [-0.4, -0.2) is 48.9 Å². The molecule has 7 heteroatoms. The lowest BCUT2D eigenvalue weighted by atomic mass is 10.1. The van der Waals surface area contributed by atoms with Crippen LogP contribution < -0.4 is 5.32 Å². The molecule has 0 radical (unpaired) electrons. The number of rotatable bonds is 9. The Labute approximate surface area is 146 Å². The Kier molecular flexibility index (Phi) is 7.11. The molecule has 1 aliphatic rings. The normalized spacial score (nSPS) is 13.8. The average Bonchev–Trinajstić information content (AvgIpc) is 2.95. The highest BCUT2D eigenvalue weighted by Gasteiger charge is 2.28.